The van der Waals surface area contributed by atoms with Crippen LogP contribution >= 0.6 is 0 Å². The number of rotatable bonds is 7. The fourth-order valence-electron chi connectivity index (χ4n) is 9.05. The zero-order valence-electron chi connectivity index (χ0n) is 23.6. The molecule has 0 N–H and O–H groups in total. The van der Waals surface area contributed by atoms with Gasteiger partial charge in [-0.25, -0.2) is 0 Å². The summed E-state index contributed by atoms with van der Waals surface area (Å²) in [5, 5.41) is 0. The summed E-state index contributed by atoms with van der Waals surface area (Å²) in [5.74, 6) is 2.38. The van der Waals surface area contributed by atoms with Gasteiger partial charge in [-0.1, -0.05) is 40.2 Å². The van der Waals surface area contributed by atoms with Crippen LogP contribution in [0.25, 0.3) is 0 Å². The van der Waals surface area contributed by atoms with E-state index in [2.05, 4.69) is 34.6 Å². The molecule has 3 saturated carbocycles. The molecule has 0 aliphatic heterocycles. The Bertz CT molecular complexity index is 905. The highest BCUT2D eigenvalue weighted by Crippen LogP contribution is 2.66. The molecular formula is C31H48O5. The topological polar surface area (TPSA) is 69.7 Å². The van der Waals surface area contributed by atoms with Crippen molar-refractivity contribution in [1.29, 1.82) is 0 Å². The van der Waals surface area contributed by atoms with E-state index in [1.807, 2.05) is 6.08 Å². The molecule has 202 valence electrons. The van der Waals surface area contributed by atoms with E-state index in [-0.39, 0.29) is 40.9 Å². The van der Waals surface area contributed by atoms with Crippen molar-refractivity contribution in [2.45, 2.75) is 118 Å². The summed E-state index contributed by atoms with van der Waals surface area (Å²) < 4.78 is 11.2. The number of hydrogen-bond donors (Lipinski definition) is 0. The van der Waals surface area contributed by atoms with Gasteiger partial charge in [0, 0.05) is 26.2 Å². The van der Waals surface area contributed by atoms with Crippen molar-refractivity contribution in [3.8, 4) is 0 Å². The number of allylic oxidation sites excluding steroid dienone is 1. The number of ether oxygens (including phenoxy) is 2. The maximum atomic E-state index is 13.7. The van der Waals surface area contributed by atoms with Gasteiger partial charge in [0.15, 0.2) is 5.78 Å². The van der Waals surface area contributed by atoms with Gasteiger partial charge in [-0.05, 0) is 97.9 Å². The highest BCUT2D eigenvalue weighted by atomic mass is 16.5. The van der Waals surface area contributed by atoms with Crippen molar-refractivity contribution in [3.63, 3.8) is 0 Å². The molecule has 36 heavy (non-hydrogen) atoms. The van der Waals surface area contributed by atoms with Crippen molar-refractivity contribution in [1.82, 2.24) is 0 Å². The van der Waals surface area contributed by atoms with Crippen molar-refractivity contribution in [2.24, 2.45) is 46.3 Å². The van der Waals surface area contributed by atoms with Crippen molar-refractivity contribution in [3.05, 3.63) is 11.6 Å². The zero-order chi connectivity index (χ0) is 26.4. The normalized spacial score (nSPS) is 39.4. The highest BCUT2D eigenvalue weighted by molar-refractivity contribution is 5.94. The third kappa shape index (κ3) is 4.92. The summed E-state index contributed by atoms with van der Waals surface area (Å²) in [6.07, 6.45) is 11.1. The molecule has 0 amide bonds. The predicted octanol–water partition coefficient (Wildman–Crippen LogP) is 6.68. The second-order valence-electron chi connectivity index (χ2n) is 13.4. The molecule has 0 heterocycles. The van der Waals surface area contributed by atoms with E-state index in [9.17, 15) is 14.4 Å². The van der Waals surface area contributed by atoms with E-state index < -0.39 is 0 Å². The Kier molecular flexibility index (Phi) is 7.80. The summed E-state index contributed by atoms with van der Waals surface area (Å²) in [4.78, 5) is 36.8. The number of hydrogen-bond acceptors (Lipinski definition) is 5. The lowest BCUT2D eigenvalue weighted by molar-refractivity contribution is -0.150. The van der Waals surface area contributed by atoms with Gasteiger partial charge in [-0.2, -0.15) is 0 Å². The third-order valence-electron chi connectivity index (χ3n) is 11.0. The lowest BCUT2D eigenvalue weighted by Crippen LogP contribution is -2.53. The van der Waals surface area contributed by atoms with Gasteiger partial charge >= 0.3 is 11.9 Å². The number of carbonyl (C=O) groups is 3. The van der Waals surface area contributed by atoms with Crippen LogP contribution < -0.4 is 0 Å². The molecule has 4 aliphatic carbocycles. The van der Waals surface area contributed by atoms with Crippen LogP contribution in [0.3, 0.4) is 0 Å². The average molecular weight is 501 g/mol. The molecule has 0 aromatic rings. The lowest BCUT2D eigenvalue weighted by atomic mass is 9.46. The van der Waals surface area contributed by atoms with Gasteiger partial charge in [0.1, 0.15) is 12.2 Å². The highest BCUT2D eigenvalue weighted by Gasteiger charge is 2.61. The Balaban J connectivity index is 1.49. The van der Waals surface area contributed by atoms with Gasteiger partial charge in [-0.15, -0.1) is 0 Å². The van der Waals surface area contributed by atoms with Crippen LogP contribution in [0.1, 0.15) is 106 Å². The van der Waals surface area contributed by atoms with Crippen LogP contribution in [-0.4, -0.2) is 29.9 Å². The molecule has 9 atom stereocenters. The first kappa shape index (κ1) is 27.4. The largest absolute Gasteiger partial charge is 0.462 e. The maximum absolute atomic E-state index is 13.7. The minimum atomic E-state index is -0.226. The fourth-order valence-corrected chi connectivity index (χ4v) is 9.05. The lowest BCUT2D eigenvalue weighted by Gasteiger charge is -2.57. The molecule has 0 aromatic carbocycles. The monoisotopic (exact) mass is 500 g/mol. The molecule has 0 unspecified atom stereocenters. The van der Waals surface area contributed by atoms with E-state index >= 15 is 0 Å². The predicted molar refractivity (Wildman–Crippen MR) is 140 cm³/mol. The van der Waals surface area contributed by atoms with Gasteiger partial charge in [-0.3, -0.25) is 14.4 Å². The molecule has 0 saturated heterocycles. The Morgan fingerprint density at radius 3 is 2.33 bits per heavy atom. The summed E-state index contributed by atoms with van der Waals surface area (Å²) >= 11 is 0. The van der Waals surface area contributed by atoms with Crippen molar-refractivity contribution >= 4 is 17.7 Å². The maximum Gasteiger partial charge on any atom is 0.302 e. The molecule has 0 spiro atoms. The van der Waals surface area contributed by atoms with E-state index in [1.165, 1.54) is 32.3 Å². The molecule has 0 aromatic heterocycles. The second kappa shape index (κ2) is 10.3. The smallest absolute Gasteiger partial charge is 0.302 e. The summed E-state index contributed by atoms with van der Waals surface area (Å²) in [6, 6.07) is 0. The number of ketones is 1. The fraction of sp³-hybridized carbons (Fsp3) is 0.839. The Hall–Kier alpha value is -1.65. The molecule has 5 nitrogen and oxygen atoms in total. The molecule has 5 heteroatoms. The average Bonchev–Trinajstić information content (AvgIpc) is 3.14. The standard InChI is InChI=1S/C31H48O5/c1-18(2)28(36-21(5)33)11-8-19(3)24-9-10-25-29-26(13-15-31(24,25)7)30(6)14-12-23(35-20(4)32)16-22(30)17-27(29)34/h17-19,23-26,28-29H,8-16H2,1-7H3/t19-,23+,24-,25+,26+,28+,29+,30+,31-/m1/s1. The summed E-state index contributed by atoms with van der Waals surface area (Å²) in [7, 11) is 0. The van der Waals surface area contributed by atoms with E-state index in [0.717, 1.165) is 38.5 Å². The first-order valence-electron chi connectivity index (χ1n) is 14.5. The third-order valence-corrected chi connectivity index (χ3v) is 11.0. The zero-order valence-corrected chi connectivity index (χ0v) is 23.6. The number of esters is 2. The van der Waals surface area contributed by atoms with Crippen molar-refractivity contribution in [2.75, 3.05) is 0 Å². The first-order chi connectivity index (χ1) is 16.9. The van der Waals surface area contributed by atoms with E-state index in [4.69, 9.17) is 9.47 Å². The molecule has 4 rings (SSSR count). The Morgan fingerprint density at radius 2 is 1.69 bits per heavy atom. The van der Waals surface area contributed by atoms with Crippen LogP contribution in [0.5, 0.6) is 0 Å². The van der Waals surface area contributed by atoms with Crippen LogP contribution in [0.2, 0.25) is 0 Å². The molecular weight excluding hydrogens is 452 g/mol. The van der Waals surface area contributed by atoms with E-state index in [0.29, 0.717) is 41.8 Å². The first-order valence-corrected chi connectivity index (χ1v) is 14.5. The number of carbonyl (C=O) groups excluding carboxylic acids is 3. The molecule has 3 fully saturated rings. The molecule has 0 bridgehead atoms. The van der Waals surface area contributed by atoms with Crippen LogP contribution in [-0.2, 0) is 23.9 Å². The van der Waals surface area contributed by atoms with Crippen LogP contribution in [0.15, 0.2) is 11.6 Å². The van der Waals surface area contributed by atoms with Crippen LogP contribution in [0.4, 0.5) is 0 Å². The quantitative estimate of drug-likeness (QED) is 0.365. The SMILES string of the molecule is CC(=O)O[C@H]1CC[C@@]2(C)C(=CC(=O)[C@H]3[C@@H]4CC[C@H]([C@H](C)CC[C@H](OC(C)=O)C(C)C)[C@@]4(C)CC[C@@H]32)C1. The van der Waals surface area contributed by atoms with Crippen molar-refractivity contribution < 1.29 is 23.9 Å². The Labute approximate surface area is 218 Å². The van der Waals surface area contributed by atoms with Gasteiger partial charge in [0.2, 0.25) is 0 Å². The summed E-state index contributed by atoms with van der Waals surface area (Å²) in [6.45, 7) is 14.5. The molecule has 0 radical (unpaired) electrons. The molecule has 4 aliphatic rings. The number of fused-ring (bicyclic) bond motifs is 5. The minimum Gasteiger partial charge on any atom is -0.462 e. The van der Waals surface area contributed by atoms with E-state index in [1.54, 1.807) is 0 Å². The van der Waals surface area contributed by atoms with Gasteiger partial charge in [0.25, 0.3) is 0 Å². The van der Waals surface area contributed by atoms with Gasteiger partial charge < -0.3 is 9.47 Å². The van der Waals surface area contributed by atoms with Crippen LogP contribution in [0, 0.1) is 46.3 Å². The second-order valence-corrected chi connectivity index (χ2v) is 13.4. The summed E-state index contributed by atoms with van der Waals surface area (Å²) in [5.41, 5.74) is 1.47. The minimum absolute atomic E-state index is 0.0174. The Morgan fingerprint density at radius 1 is 0.972 bits per heavy atom. The van der Waals surface area contributed by atoms with Gasteiger partial charge in [0.05, 0.1) is 0 Å².